The second-order valence-electron chi connectivity index (χ2n) is 6.97. The second kappa shape index (κ2) is 3.83. The van der Waals surface area contributed by atoms with Crippen molar-refractivity contribution in [2.45, 2.75) is 70.5 Å². The van der Waals surface area contributed by atoms with Gasteiger partial charge in [0.25, 0.3) is 0 Å². The van der Waals surface area contributed by atoms with Crippen LogP contribution in [0.1, 0.15) is 59.3 Å². The largest absolute Gasteiger partial charge is 0.390 e. The molecule has 0 spiro atoms. The van der Waals surface area contributed by atoms with E-state index in [1.165, 1.54) is 0 Å². The number of fused-ring (bicyclic) bond motifs is 1. The predicted molar refractivity (Wildman–Crippen MR) is 69.7 cm³/mol. The second-order valence-corrected chi connectivity index (χ2v) is 6.97. The van der Waals surface area contributed by atoms with Crippen molar-refractivity contribution in [3.05, 3.63) is 12.2 Å². The van der Waals surface area contributed by atoms with E-state index in [-0.39, 0.29) is 11.3 Å². The van der Waals surface area contributed by atoms with Crippen LogP contribution in [0, 0.1) is 11.3 Å². The smallest absolute Gasteiger partial charge is 0.0911 e. The molecule has 98 valence electrons. The molecule has 2 aliphatic rings. The standard InChI is InChI=1S/C15H26O2/c1-11-6-5-8-14(4)9-7-12(13(2,3)16)10-15(11,14)17/h12,16-17H,1,5-10H2,2-4H3/t12-,14-,15-/m0/s1. The van der Waals surface area contributed by atoms with Crippen LogP contribution < -0.4 is 0 Å². The Balaban J connectivity index is 2.28. The zero-order valence-corrected chi connectivity index (χ0v) is 11.4. The molecule has 0 bridgehead atoms. The van der Waals surface area contributed by atoms with Gasteiger partial charge >= 0.3 is 0 Å². The monoisotopic (exact) mass is 238 g/mol. The molecule has 2 heteroatoms. The highest BCUT2D eigenvalue weighted by Gasteiger charge is 2.55. The first-order valence-electron chi connectivity index (χ1n) is 6.82. The molecule has 2 aliphatic carbocycles. The van der Waals surface area contributed by atoms with E-state index in [9.17, 15) is 10.2 Å². The van der Waals surface area contributed by atoms with Crippen LogP contribution in [0.3, 0.4) is 0 Å². The molecule has 2 rings (SSSR count). The summed E-state index contributed by atoms with van der Waals surface area (Å²) in [5, 5.41) is 21.2. The Kier molecular flexibility index (Phi) is 2.95. The first-order valence-corrected chi connectivity index (χ1v) is 6.82. The summed E-state index contributed by atoms with van der Waals surface area (Å²) in [6, 6.07) is 0. The molecule has 17 heavy (non-hydrogen) atoms. The van der Waals surface area contributed by atoms with Crippen molar-refractivity contribution < 1.29 is 10.2 Å². The van der Waals surface area contributed by atoms with Crippen LogP contribution >= 0.6 is 0 Å². The third-order valence-electron chi connectivity index (χ3n) is 5.38. The summed E-state index contributed by atoms with van der Waals surface area (Å²) >= 11 is 0. The Bertz CT molecular complexity index is 328. The Hall–Kier alpha value is -0.340. The van der Waals surface area contributed by atoms with Crippen molar-refractivity contribution in [1.29, 1.82) is 0 Å². The summed E-state index contributed by atoms with van der Waals surface area (Å²) < 4.78 is 0. The number of rotatable bonds is 1. The lowest BCUT2D eigenvalue weighted by molar-refractivity contribution is -0.140. The van der Waals surface area contributed by atoms with Crippen molar-refractivity contribution in [2.24, 2.45) is 11.3 Å². The van der Waals surface area contributed by atoms with Crippen LogP contribution in [-0.4, -0.2) is 21.4 Å². The summed E-state index contributed by atoms with van der Waals surface area (Å²) in [6.07, 6.45) is 5.84. The molecule has 3 atom stereocenters. The molecule has 2 fully saturated rings. The lowest BCUT2D eigenvalue weighted by atomic mass is 9.52. The zero-order valence-electron chi connectivity index (χ0n) is 11.4. The van der Waals surface area contributed by atoms with Crippen LogP contribution in [-0.2, 0) is 0 Å². The first-order chi connectivity index (χ1) is 7.69. The van der Waals surface area contributed by atoms with Gasteiger partial charge in [0, 0.05) is 5.41 Å². The van der Waals surface area contributed by atoms with Crippen LogP contribution in [0.5, 0.6) is 0 Å². The van der Waals surface area contributed by atoms with Crippen LogP contribution in [0.15, 0.2) is 12.2 Å². The summed E-state index contributed by atoms with van der Waals surface area (Å²) in [6.45, 7) is 10.0. The number of aliphatic hydroxyl groups is 2. The summed E-state index contributed by atoms with van der Waals surface area (Å²) in [5.74, 6) is 0.176. The van der Waals surface area contributed by atoms with Gasteiger partial charge in [0.2, 0.25) is 0 Å². The van der Waals surface area contributed by atoms with Crippen molar-refractivity contribution in [3.8, 4) is 0 Å². The van der Waals surface area contributed by atoms with Gasteiger partial charge in [-0.2, -0.15) is 0 Å². The fourth-order valence-corrected chi connectivity index (χ4v) is 3.81. The average Bonchev–Trinajstić information content (AvgIpc) is 2.19. The fourth-order valence-electron chi connectivity index (χ4n) is 3.81. The average molecular weight is 238 g/mol. The summed E-state index contributed by atoms with van der Waals surface area (Å²) in [5.41, 5.74) is -0.493. The minimum Gasteiger partial charge on any atom is -0.390 e. The molecule has 2 nitrogen and oxygen atoms in total. The maximum absolute atomic E-state index is 11.0. The van der Waals surface area contributed by atoms with E-state index in [1.807, 2.05) is 13.8 Å². The molecule has 2 N–H and O–H groups in total. The van der Waals surface area contributed by atoms with E-state index in [0.717, 1.165) is 37.7 Å². The van der Waals surface area contributed by atoms with E-state index >= 15 is 0 Å². The summed E-state index contributed by atoms with van der Waals surface area (Å²) in [7, 11) is 0. The zero-order chi connectivity index (χ0) is 12.9. The quantitative estimate of drug-likeness (QED) is 0.689. The maximum atomic E-state index is 11.0. The Morgan fingerprint density at radius 2 is 2.00 bits per heavy atom. The highest BCUT2D eigenvalue weighted by Crippen LogP contribution is 2.57. The molecule has 0 aromatic rings. The molecule has 0 heterocycles. The van der Waals surface area contributed by atoms with Crippen LogP contribution in [0.2, 0.25) is 0 Å². The van der Waals surface area contributed by atoms with Crippen LogP contribution in [0.4, 0.5) is 0 Å². The van der Waals surface area contributed by atoms with Gasteiger partial charge in [-0.3, -0.25) is 0 Å². The van der Waals surface area contributed by atoms with E-state index in [4.69, 9.17) is 0 Å². The number of hydrogen-bond acceptors (Lipinski definition) is 2. The fraction of sp³-hybridized carbons (Fsp3) is 0.867. The van der Waals surface area contributed by atoms with Crippen LogP contribution in [0.25, 0.3) is 0 Å². The minimum atomic E-state index is -0.756. The van der Waals surface area contributed by atoms with Gasteiger partial charge in [-0.1, -0.05) is 13.5 Å². The molecule has 0 amide bonds. The lowest BCUT2D eigenvalue weighted by Gasteiger charge is -2.56. The third-order valence-corrected chi connectivity index (χ3v) is 5.38. The lowest BCUT2D eigenvalue weighted by Crippen LogP contribution is -2.56. The third kappa shape index (κ3) is 1.96. The van der Waals surface area contributed by atoms with Gasteiger partial charge in [0.1, 0.15) is 0 Å². The van der Waals surface area contributed by atoms with E-state index in [1.54, 1.807) is 0 Å². The number of hydrogen-bond donors (Lipinski definition) is 2. The Morgan fingerprint density at radius 1 is 1.35 bits per heavy atom. The SMILES string of the molecule is C=C1CCC[C@@]2(C)CC[C@H](C(C)(C)O)C[C@]12O. The Labute approximate surface area is 105 Å². The molecule has 0 aromatic heterocycles. The molecule has 0 aliphatic heterocycles. The molecular formula is C15H26O2. The molecular weight excluding hydrogens is 212 g/mol. The van der Waals surface area contributed by atoms with Gasteiger partial charge in [-0.05, 0) is 63.9 Å². The molecule has 0 unspecified atom stereocenters. The van der Waals surface area contributed by atoms with Gasteiger partial charge in [-0.15, -0.1) is 0 Å². The van der Waals surface area contributed by atoms with Crippen molar-refractivity contribution in [2.75, 3.05) is 0 Å². The highest BCUT2D eigenvalue weighted by molar-refractivity contribution is 5.24. The van der Waals surface area contributed by atoms with Crippen molar-refractivity contribution in [1.82, 2.24) is 0 Å². The van der Waals surface area contributed by atoms with Crippen molar-refractivity contribution >= 4 is 0 Å². The van der Waals surface area contributed by atoms with Gasteiger partial charge in [0.15, 0.2) is 0 Å². The van der Waals surface area contributed by atoms with Gasteiger partial charge in [0.05, 0.1) is 11.2 Å². The van der Waals surface area contributed by atoms with Crippen molar-refractivity contribution in [3.63, 3.8) is 0 Å². The predicted octanol–water partition coefficient (Wildman–Crippen LogP) is 3.03. The van der Waals surface area contributed by atoms with E-state index in [0.29, 0.717) is 6.42 Å². The Morgan fingerprint density at radius 3 is 2.59 bits per heavy atom. The van der Waals surface area contributed by atoms with Gasteiger partial charge < -0.3 is 10.2 Å². The molecule has 0 saturated heterocycles. The molecule has 0 aromatic carbocycles. The van der Waals surface area contributed by atoms with E-state index < -0.39 is 11.2 Å². The van der Waals surface area contributed by atoms with E-state index in [2.05, 4.69) is 13.5 Å². The minimum absolute atomic E-state index is 0.0237. The molecule has 0 radical (unpaired) electrons. The highest BCUT2D eigenvalue weighted by atomic mass is 16.3. The topological polar surface area (TPSA) is 40.5 Å². The normalized spacial score (nSPS) is 43.4. The first kappa shape index (κ1) is 13.1. The molecule has 2 saturated carbocycles. The van der Waals surface area contributed by atoms with Gasteiger partial charge in [-0.25, -0.2) is 0 Å². The summed E-state index contributed by atoms with van der Waals surface area (Å²) in [4.78, 5) is 0. The maximum Gasteiger partial charge on any atom is 0.0911 e.